The van der Waals surface area contributed by atoms with E-state index in [0.29, 0.717) is 0 Å². The minimum absolute atomic E-state index is 0.926. The molecule has 1 heteroatoms. The van der Waals surface area contributed by atoms with Crippen LogP contribution in [0.3, 0.4) is 0 Å². The summed E-state index contributed by atoms with van der Waals surface area (Å²) in [5.74, 6) is 0. The van der Waals surface area contributed by atoms with E-state index in [1.807, 2.05) is 0 Å². The predicted molar refractivity (Wildman–Crippen MR) is 114 cm³/mol. The molecule has 0 saturated heterocycles. The first-order chi connectivity index (χ1) is 12.3. The Kier molecular flexibility index (Phi) is 4.41. The summed E-state index contributed by atoms with van der Waals surface area (Å²) in [5, 5.41) is 1.59. The molecule has 25 heavy (non-hydrogen) atoms. The smallest absolute Gasteiger partial charge is 0.0655 e. The van der Waals surface area contributed by atoms with Gasteiger partial charge in [-0.25, -0.2) is 0 Å². The Bertz CT molecular complexity index is 909. The lowest BCUT2D eigenvalue weighted by molar-refractivity contribution is 1.38. The van der Waals surface area contributed by atoms with Gasteiger partial charge in [-0.1, -0.05) is 97.2 Å². The first kappa shape index (κ1) is 16.1. The molecule has 0 unspecified atom stereocenters. The summed E-state index contributed by atoms with van der Waals surface area (Å²) in [6, 6.07) is 15.6. The molecule has 0 amide bonds. The fourth-order valence-electron chi connectivity index (χ4n) is 3.90. The Morgan fingerprint density at radius 3 is 1.92 bits per heavy atom. The molecular formula is C24H24Si. The molecule has 2 aliphatic rings. The molecule has 0 nitrogen and oxygen atoms in total. The van der Waals surface area contributed by atoms with Crippen LogP contribution >= 0.6 is 0 Å². The number of hydrogen-bond donors (Lipinski definition) is 0. The van der Waals surface area contributed by atoms with E-state index in [9.17, 15) is 0 Å². The molecule has 2 aromatic rings. The highest BCUT2D eigenvalue weighted by atomic mass is 28.3. The maximum Gasteiger partial charge on any atom is 0.0655 e. The molecule has 0 heterocycles. The second kappa shape index (κ2) is 6.85. The topological polar surface area (TPSA) is 0 Å². The molecule has 0 bridgehead atoms. The van der Waals surface area contributed by atoms with Crippen molar-refractivity contribution < 1.29 is 0 Å². The zero-order chi connectivity index (χ0) is 17.2. The Hall–Kier alpha value is -2.38. The van der Waals surface area contributed by atoms with Crippen molar-refractivity contribution in [2.24, 2.45) is 0 Å². The highest BCUT2D eigenvalue weighted by molar-refractivity contribution is 6.71. The molecule has 0 spiro atoms. The average molecular weight is 341 g/mol. The Morgan fingerprint density at radius 1 is 0.720 bits per heavy atom. The van der Waals surface area contributed by atoms with Gasteiger partial charge in [-0.3, -0.25) is 0 Å². The standard InChI is InChI=1S/C24H24Si/c1-25(2)22-17-16-21(18-10-4-3-5-11-18)23(19-12-6-7-13-19)24(22)20-14-8-9-15-20/h3-12,14,16-17,25H,13,15H2,1-2H3. The number of allylic oxidation sites excluding steroid dienone is 8. The van der Waals surface area contributed by atoms with Gasteiger partial charge in [0.25, 0.3) is 0 Å². The van der Waals surface area contributed by atoms with Crippen LogP contribution < -0.4 is 5.19 Å². The number of hydrogen-bond acceptors (Lipinski definition) is 0. The van der Waals surface area contributed by atoms with Gasteiger partial charge in [0, 0.05) is 0 Å². The van der Waals surface area contributed by atoms with Gasteiger partial charge in [0.15, 0.2) is 0 Å². The van der Waals surface area contributed by atoms with E-state index in [1.165, 1.54) is 33.4 Å². The summed E-state index contributed by atoms with van der Waals surface area (Å²) in [5.41, 5.74) is 8.61. The zero-order valence-corrected chi connectivity index (χ0v) is 16.2. The summed E-state index contributed by atoms with van der Waals surface area (Å²) in [6.07, 6.45) is 15.7. The molecule has 0 aliphatic heterocycles. The molecule has 0 aromatic heterocycles. The quantitative estimate of drug-likeness (QED) is 0.623. The van der Waals surface area contributed by atoms with Crippen molar-refractivity contribution in [2.45, 2.75) is 25.9 Å². The van der Waals surface area contributed by atoms with Crippen LogP contribution in [0, 0.1) is 0 Å². The lowest BCUT2D eigenvalue weighted by atomic mass is 9.86. The highest BCUT2D eigenvalue weighted by Crippen LogP contribution is 2.39. The maximum absolute atomic E-state index is 2.44. The minimum Gasteiger partial charge on any atom is -0.0801 e. The van der Waals surface area contributed by atoms with Crippen molar-refractivity contribution in [3.8, 4) is 11.1 Å². The van der Waals surface area contributed by atoms with E-state index in [0.717, 1.165) is 12.8 Å². The summed E-state index contributed by atoms with van der Waals surface area (Å²) < 4.78 is 0. The van der Waals surface area contributed by atoms with Gasteiger partial charge >= 0.3 is 0 Å². The van der Waals surface area contributed by atoms with Crippen molar-refractivity contribution in [3.05, 3.63) is 90.0 Å². The second-order valence-corrected chi connectivity index (χ2v) is 10.1. The van der Waals surface area contributed by atoms with E-state index in [2.05, 4.69) is 92.0 Å². The van der Waals surface area contributed by atoms with E-state index in [4.69, 9.17) is 0 Å². The number of rotatable bonds is 4. The van der Waals surface area contributed by atoms with Crippen molar-refractivity contribution in [2.75, 3.05) is 0 Å². The van der Waals surface area contributed by atoms with Crippen LogP contribution in [-0.2, 0) is 0 Å². The van der Waals surface area contributed by atoms with Crippen LogP contribution in [0.2, 0.25) is 13.1 Å². The molecule has 0 saturated carbocycles. The monoisotopic (exact) mass is 340 g/mol. The lowest BCUT2D eigenvalue weighted by Crippen LogP contribution is -2.28. The van der Waals surface area contributed by atoms with E-state index >= 15 is 0 Å². The molecule has 4 rings (SSSR count). The Morgan fingerprint density at radius 2 is 1.36 bits per heavy atom. The molecule has 0 N–H and O–H groups in total. The molecule has 0 atom stereocenters. The van der Waals surface area contributed by atoms with Gasteiger partial charge in [-0.05, 0) is 46.2 Å². The third kappa shape index (κ3) is 3.00. The summed E-state index contributed by atoms with van der Waals surface area (Å²) >= 11 is 0. The van der Waals surface area contributed by atoms with Crippen LogP contribution in [0.4, 0.5) is 0 Å². The Balaban J connectivity index is 2.01. The summed E-state index contributed by atoms with van der Waals surface area (Å²) in [4.78, 5) is 0. The van der Waals surface area contributed by atoms with E-state index in [1.54, 1.807) is 5.19 Å². The van der Waals surface area contributed by atoms with Gasteiger partial charge in [0.1, 0.15) is 0 Å². The third-order valence-corrected chi connectivity index (χ3v) is 6.85. The average Bonchev–Trinajstić information content (AvgIpc) is 3.34. The number of benzene rings is 2. The van der Waals surface area contributed by atoms with Gasteiger partial charge < -0.3 is 0 Å². The Labute approximate surface area is 152 Å². The van der Waals surface area contributed by atoms with E-state index in [-0.39, 0.29) is 0 Å². The fourth-order valence-corrected chi connectivity index (χ4v) is 5.29. The highest BCUT2D eigenvalue weighted by Gasteiger charge is 2.22. The molecule has 124 valence electrons. The SMILES string of the molecule is C[SiH](C)c1ccc(-c2ccccc2)c(C2=CC=CC2)c1C1=CC=CC1. The lowest BCUT2D eigenvalue weighted by Gasteiger charge is -2.23. The van der Waals surface area contributed by atoms with Gasteiger partial charge in [-0.15, -0.1) is 0 Å². The first-order valence-corrected chi connectivity index (χ1v) is 12.1. The molecule has 0 radical (unpaired) electrons. The van der Waals surface area contributed by atoms with Gasteiger partial charge in [0.05, 0.1) is 8.80 Å². The van der Waals surface area contributed by atoms with Crippen LogP contribution in [0.1, 0.15) is 24.0 Å². The zero-order valence-electron chi connectivity index (χ0n) is 15.0. The minimum atomic E-state index is -0.926. The van der Waals surface area contributed by atoms with Crippen molar-refractivity contribution in [3.63, 3.8) is 0 Å². The summed E-state index contributed by atoms with van der Waals surface area (Å²) in [6.45, 7) is 4.88. The molecule has 2 aliphatic carbocycles. The van der Waals surface area contributed by atoms with Gasteiger partial charge in [-0.2, -0.15) is 0 Å². The van der Waals surface area contributed by atoms with Crippen molar-refractivity contribution in [1.29, 1.82) is 0 Å². The van der Waals surface area contributed by atoms with Crippen LogP contribution in [0.5, 0.6) is 0 Å². The van der Waals surface area contributed by atoms with Crippen molar-refractivity contribution in [1.82, 2.24) is 0 Å². The van der Waals surface area contributed by atoms with Crippen LogP contribution in [0.15, 0.2) is 78.9 Å². The second-order valence-electron chi connectivity index (χ2n) is 7.12. The normalized spacial score (nSPS) is 15.8. The van der Waals surface area contributed by atoms with Crippen LogP contribution in [0.25, 0.3) is 22.3 Å². The molecule has 2 aromatic carbocycles. The third-order valence-electron chi connectivity index (χ3n) is 5.13. The van der Waals surface area contributed by atoms with Crippen LogP contribution in [-0.4, -0.2) is 8.80 Å². The van der Waals surface area contributed by atoms with Gasteiger partial charge in [0.2, 0.25) is 0 Å². The molecule has 0 fully saturated rings. The largest absolute Gasteiger partial charge is 0.0801 e. The van der Waals surface area contributed by atoms with E-state index < -0.39 is 8.80 Å². The van der Waals surface area contributed by atoms with Crippen molar-refractivity contribution >= 4 is 25.1 Å². The maximum atomic E-state index is 2.44. The predicted octanol–water partition coefficient (Wildman–Crippen LogP) is 5.73. The fraction of sp³-hybridized carbons (Fsp3) is 0.167. The molecular weight excluding hydrogens is 316 g/mol. The first-order valence-electron chi connectivity index (χ1n) is 9.20. The summed E-state index contributed by atoms with van der Waals surface area (Å²) in [7, 11) is -0.926.